The number of nitrogens with zero attached hydrogens (tertiary/aromatic N) is 1. The fraction of sp³-hybridized carbons (Fsp3) is 0.294. The van der Waals surface area contributed by atoms with Crippen molar-refractivity contribution in [3.8, 4) is 5.75 Å². The first kappa shape index (κ1) is 15.0. The molecule has 4 heteroatoms. The highest BCUT2D eigenvalue weighted by atomic mass is 16.5. The normalized spacial score (nSPS) is 10.2. The summed E-state index contributed by atoms with van der Waals surface area (Å²) < 4.78 is 5.56. The molecule has 0 bridgehead atoms. The second-order valence-corrected chi connectivity index (χ2v) is 4.75. The van der Waals surface area contributed by atoms with E-state index < -0.39 is 0 Å². The molecule has 0 fully saturated rings. The quantitative estimate of drug-likeness (QED) is 0.885. The summed E-state index contributed by atoms with van der Waals surface area (Å²) >= 11 is 0. The van der Waals surface area contributed by atoms with E-state index in [1.165, 1.54) is 0 Å². The second kappa shape index (κ2) is 7.43. The number of nitrogens with one attached hydrogen (secondary N) is 1. The van der Waals surface area contributed by atoms with E-state index in [4.69, 9.17) is 4.74 Å². The highest BCUT2D eigenvalue weighted by Crippen LogP contribution is 2.19. The van der Waals surface area contributed by atoms with E-state index in [1.807, 2.05) is 50.2 Å². The Morgan fingerprint density at radius 3 is 2.76 bits per heavy atom. The predicted molar refractivity (Wildman–Crippen MR) is 83.5 cm³/mol. The lowest BCUT2D eigenvalue weighted by Crippen LogP contribution is -2.13. The van der Waals surface area contributed by atoms with Crippen molar-refractivity contribution in [2.75, 3.05) is 11.9 Å². The third-order valence-corrected chi connectivity index (χ3v) is 3.05. The number of amides is 1. The molecule has 0 radical (unpaired) electrons. The molecule has 21 heavy (non-hydrogen) atoms. The molecule has 1 aromatic heterocycles. The fourth-order valence-electron chi connectivity index (χ4n) is 2.07. The van der Waals surface area contributed by atoms with Crippen LogP contribution in [0.25, 0.3) is 0 Å². The Kier molecular flexibility index (Phi) is 5.32. The summed E-state index contributed by atoms with van der Waals surface area (Å²) in [6.45, 7) is 4.47. The zero-order valence-corrected chi connectivity index (χ0v) is 12.4. The van der Waals surface area contributed by atoms with Crippen LogP contribution in [0.1, 0.15) is 24.6 Å². The van der Waals surface area contributed by atoms with Crippen LogP contribution >= 0.6 is 0 Å². The minimum absolute atomic E-state index is 0.0422. The van der Waals surface area contributed by atoms with Crippen LogP contribution in [0.15, 0.2) is 42.5 Å². The van der Waals surface area contributed by atoms with Crippen LogP contribution in [-0.2, 0) is 11.2 Å². The molecule has 0 saturated heterocycles. The number of ether oxygens (including phenoxy) is 1. The number of rotatable bonds is 6. The molecule has 0 unspecified atom stereocenters. The van der Waals surface area contributed by atoms with Crippen molar-refractivity contribution in [3.63, 3.8) is 0 Å². The maximum atomic E-state index is 12.0. The Hall–Kier alpha value is -2.36. The molecule has 110 valence electrons. The van der Waals surface area contributed by atoms with Gasteiger partial charge in [-0.2, -0.15) is 0 Å². The molecule has 0 aliphatic carbocycles. The summed E-state index contributed by atoms with van der Waals surface area (Å²) in [6, 6.07) is 13.4. The Morgan fingerprint density at radius 1 is 1.19 bits per heavy atom. The molecule has 0 aliphatic rings. The van der Waals surface area contributed by atoms with E-state index in [9.17, 15) is 4.79 Å². The molecule has 0 atom stereocenters. The number of anilines is 1. The molecule has 1 aromatic carbocycles. The summed E-state index contributed by atoms with van der Waals surface area (Å²) in [4.78, 5) is 16.2. The Morgan fingerprint density at radius 2 is 2.00 bits per heavy atom. The maximum Gasteiger partial charge on any atom is 0.225 e. The molecule has 4 nitrogen and oxygen atoms in total. The van der Waals surface area contributed by atoms with Gasteiger partial charge in [0.05, 0.1) is 6.61 Å². The smallest absolute Gasteiger partial charge is 0.225 e. The number of aromatic nitrogens is 1. The monoisotopic (exact) mass is 284 g/mol. The largest absolute Gasteiger partial charge is 0.494 e. The van der Waals surface area contributed by atoms with Gasteiger partial charge in [0.15, 0.2) is 0 Å². The van der Waals surface area contributed by atoms with Crippen molar-refractivity contribution in [3.05, 3.63) is 53.7 Å². The van der Waals surface area contributed by atoms with Crippen molar-refractivity contribution in [2.24, 2.45) is 0 Å². The van der Waals surface area contributed by atoms with Crippen LogP contribution in [0.3, 0.4) is 0 Å². The summed E-state index contributed by atoms with van der Waals surface area (Å²) in [6.07, 6.45) is 1.05. The van der Waals surface area contributed by atoms with Gasteiger partial charge < -0.3 is 10.1 Å². The number of hydrogen-bond donors (Lipinski definition) is 1. The highest BCUT2D eigenvalue weighted by molar-refractivity contribution is 5.89. The lowest BCUT2D eigenvalue weighted by atomic mass is 10.1. The van der Waals surface area contributed by atoms with Gasteiger partial charge in [0.2, 0.25) is 5.91 Å². The number of pyridine rings is 1. The van der Waals surface area contributed by atoms with Gasteiger partial charge in [-0.25, -0.2) is 4.98 Å². The molecular formula is C17H20N2O2. The van der Waals surface area contributed by atoms with Crippen LogP contribution in [0, 0.1) is 6.92 Å². The van der Waals surface area contributed by atoms with Crippen LogP contribution in [-0.4, -0.2) is 17.5 Å². The maximum absolute atomic E-state index is 12.0. The molecule has 2 aromatic rings. The van der Waals surface area contributed by atoms with Crippen molar-refractivity contribution < 1.29 is 9.53 Å². The van der Waals surface area contributed by atoms with Gasteiger partial charge in [0.1, 0.15) is 11.6 Å². The van der Waals surface area contributed by atoms with Crippen LogP contribution in [0.4, 0.5) is 5.82 Å². The zero-order chi connectivity index (χ0) is 15.1. The van der Waals surface area contributed by atoms with E-state index in [-0.39, 0.29) is 5.91 Å². The molecule has 1 N–H and O–H groups in total. The van der Waals surface area contributed by atoms with Crippen LogP contribution in [0.5, 0.6) is 5.75 Å². The summed E-state index contributed by atoms with van der Waals surface area (Å²) in [7, 11) is 0. The summed E-state index contributed by atoms with van der Waals surface area (Å²) in [5, 5.41) is 2.81. The number of carbonyl (C=O) groups excluding carboxylic acids is 1. The number of carbonyl (C=O) groups is 1. The topological polar surface area (TPSA) is 51.2 Å². The van der Waals surface area contributed by atoms with Gasteiger partial charge in [-0.15, -0.1) is 0 Å². The van der Waals surface area contributed by atoms with Crippen molar-refractivity contribution >= 4 is 11.7 Å². The van der Waals surface area contributed by atoms with E-state index in [0.29, 0.717) is 25.3 Å². The highest BCUT2D eigenvalue weighted by Gasteiger charge is 2.07. The molecule has 0 saturated carbocycles. The van der Waals surface area contributed by atoms with Crippen molar-refractivity contribution in [2.45, 2.75) is 26.7 Å². The average Bonchev–Trinajstić information content (AvgIpc) is 2.47. The molecule has 0 aliphatic heterocycles. The zero-order valence-electron chi connectivity index (χ0n) is 12.4. The number of hydrogen-bond acceptors (Lipinski definition) is 3. The summed E-state index contributed by atoms with van der Waals surface area (Å²) in [5.74, 6) is 1.40. The molecule has 1 amide bonds. The Balaban J connectivity index is 1.92. The number of aryl methyl sites for hydroxylation is 2. The molecular weight excluding hydrogens is 264 g/mol. The lowest BCUT2D eigenvalue weighted by molar-refractivity contribution is -0.116. The van der Waals surface area contributed by atoms with Gasteiger partial charge in [-0.05, 0) is 44.0 Å². The van der Waals surface area contributed by atoms with Crippen LogP contribution in [0.2, 0.25) is 0 Å². The van der Waals surface area contributed by atoms with E-state index in [2.05, 4.69) is 10.3 Å². The molecule has 0 spiro atoms. The van der Waals surface area contributed by atoms with Crippen molar-refractivity contribution in [1.82, 2.24) is 4.98 Å². The predicted octanol–water partition coefficient (Wildman–Crippen LogP) is 3.36. The Bertz CT molecular complexity index is 611. The van der Waals surface area contributed by atoms with E-state index in [0.717, 1.165) is 17.0 Å². The van der Waals surface area contributed by atoms with Crippen molar-refractivity contribution in [1.29, 1.82) is 0 Å². The standard InChI is InChI=1S/C17H20N2O2/c1-3-21-15-9-5-4-8-14(15)11-12-17(20)19-16-10-6-7-13(2)18-16/h4-10H,3,11-12H2,1-2H3,(H,18,19,20). The average molecular weight is 284 g/mol. The molecule has 2 rings (SSSR count). The van der Waals surface area contributed by atoms with Gasteiger partial charge in [-0.3, -0.25) is 4.79 Å². The first-order valence-corrected chi connectivity index (χ1v) is 7.13. The van der Waals surface area contributed by atoms with Crippen LogP contribution < -0.4 is 10.1 Å². The number of para-hydroxylation sites is 1. The fourth-order valence-corrected chi connectivity index (χ4v) is 2.07. The van der Waals surface area contributed by atoms with Gasteiger partial charge in [0, 0.05) is 12.1 Å². The van der Waals surface area contributed by atoms with Gasteiger partial charge in [-0.1, -0.05) is 24.3 Å². The lowest BCUT2D eigenvalue weighted by Gasteiger charge is -2.10. The third kappa shape index (κ3) is 4.60. The first-order chi connectivity index (χ1) is 10.2. The van der Waals surface area contributed by atoms with Gasteiger partial charge in [0.25, 0.3) is 0 Å². The Labute approximate surface area is 125 Å². The first-order valence-electron chi connectivity index (χ1n) is 7.13. The van der Waals surface area contributed by atoms with E-state index in [1.54, 1.807) is 6.07 Å². The second-order valence-electron chi connectivity index (χ2n) is 4.75. The van der Waals surface area contributed by atoms with Gasteiger partial charge >= 0.3 is 0 Å². The summed E-state index contributed by atoms with van der Waals surface area (Å²) in [5.41, 5.74) is 1.93. The minimum Gasteiger partial charge on any atom is -0.494 e. The SMILES string of the molecule is CCOc1ccccc1CCC(=O)Nc1cccc(C)n1. The third-order valence-electron chi connectivity index (χ3n) is 3.05. The molecule has 1 heterocycles. The van der Waals surface area contributed by atoms with E-state index >= 15 is 0 Å². The number of benzene rings is 1. The minimum atomic E-state index is -0.0422.